The molecular formula is C15H12FNO3. The summed E-state index contributed by atoms with van der Waals surface area (Å²) in [5, 5.41) is 0. The molecule has 4 nitrogen and oxygen atoms in total. The van der Waals surface area contributed by atoms with Crippen LogP contribution in [-0.2, 0) is 6.54 Å². The van der Waals surface area contributed by atoms with E-state index in [4.69, 9.17) is 9.47 Å². The van der Waals surface area contributed by atoms with Gasteiger partial charge in [-0.25, -0.2) is 9.18 Å². The maximum Gasteiger partial charge on any atom is 0.420 e. The van der Waals surface area contributed by atoms with E-state index in [0.717, 1.165) is 5.56 Å². The van der Waals surface area contributed by atoms with Crippen molar-refractivity contribution >= 4 is 11.8 Å². The van der Waals surface area contributed by atoms with Crippen LogP contribution in [0.3, 0.4) is 0 Å². The zero-order valence-electron chi connectivity index (χ0n) is 10.8. The van der Waals surface area contributed by atoms with Gasteiger partial charge >= 0.3 is 6.09 Å². The van der Waals surface area contributed by atoms with E-state index < -0.39 is 11.9 Å². The standard InChI is InChI=1S/C15H12FNO3/c1-19-13-4-2-3-12(8-13)17-9-10-5-6-11(16)7-14(10)20-15(17)18/h2-8H,9H2,1H3. The fourth-order valence-corrected chi connectivity index (χ4v) is 2.11. The monoisotopic (exact) mass is 273 g/mol. The van der Waals surface area contributed by atoms with Gasteiger partial charge in [0.1, 0.15) is 17.3 Å². The topological polar surface area (TPSA) is 38.8 Å². The molecule has 102 valence electrons. The van der Waals surface area contributed by atoms with Crippen molar-refractivity contribution in [3.63, 3.8) is 0 Å². The van der Waals surface area contributed by atoms with Crippen molar-refractivity contribution < 1.29 is 18.7 Å². The average molecular weight is 273 g/mol. The molecule has 0 atom stereocenters. The van der Waals surface area contributed by atoms with Crippen LogP contribution in [0.25, 0.3) is 0 Å². The maximum absolute atomic E-state index is 13.1. The van der Waals surface area contributed by atoms with Crippen molar-refractivity contribution in [2.45, 2.75) is 6.54 Å². The average Bonchev–Trinajstić information content (AvgIpc) is 2.46. The molecule has 0 fully saturated rings. The van der Waals surface area contributed by atoms with Crippen molar-refractivity contribution in [3.8, 4) is 11.5 Å². The Bertz CT molecular complexity index is 672. The van der Waals surface area contributed by atoms with Gasteiger partial charge in [-0.1, -0.05) is 12.1 Å². The second-order valence-corrected chi connectivity index (χ2v) is 4.41. The largest absolute Gasteiger partial charge is 0.497 e. The van der Waals surface area contributed by atoms with Crippen molar-refractivity contribution in [3.05, 3.63) is 53.8 Å². The SMILES string of the molecule is COc1cccc(N2Cc3ccc(F)cc3OC2=O)c1. The molecular weight excluding hydrogens is 261 g/mol. The first-order valence-corrected chi connectivity index (χ1v) is 6.09. The Kier molecular flexibility index (Phi) is 3.02. The Balaban J connectivity index is 1.95. The Morgan fingerprint density at radius 3 is 2.90 bits per heavy atom. The molecule has 20 heavy (non-hydrogen) atoms. The summed E-state index contributed by atoms with van der Waals surface area (Å²) in [7, 11) is 1.56. The quantitative estimate of drug-likeness (QED) is 0.842. The molecule has 5 heteroatoms. The second-order valence-electron chi connectivity index (χ2n) is 4.41. The molecule has 1 aliphatic rings. The summed E-state index contributed by atoms with van der Waals surface area (Å²) < 4.78 is 23.4. The Morgan fingerprint density at radius 1 is 1.25 bits per heavy atom. The lowest BCUT2D eigenvalue weighted by Gasteiger charge is -2.28. The van der Waals surface area contributed by atoms with E-state index in [1.54, 1.807) is 37.4 Å². The second kappa shape index (κ2) is 4.85. The number of anilines is 1. The number of rotatable bonds is 2. The fourth-order valence-electron chi connectivity index (χ4n) is 2.11. The molecule has 0 saturated heterocycles. The molecule has 0 aliphatic carbocycles. The third-order valence-electron chi connectivity index (χ3n) is 3.14. The summed E-state index contributed by atoms with van der Waals surface area (Å²) in [5.41, 5.74) is 1.43. The number of nitrogens with zero attached hydrogens (tertiary/aromatic N) is 1. The minimum Gasteiger partial charge on any atom is -0.497 e. The summed E-state index contributed by atoms with van der Waals surface area (Å²) in [6, 6.07) is 11.3. The van der Waals surface area contributed by atoms with Crippen LogP contribution in [0.2, 0.25) is 0 Å². The summed E-state index contributed by atoms with van der Waals surface area (Å²) in [6.07, 6.45) is -0.531. The number of ether oxygens (including phenoxy) is 2. The molecule has 0 unspecified atom stereocenters. The van der Waals surface area contributed by atoms with Crippen molar-refractivity contribution in [2.24, 2.45) is 0 Å². The van der Waals surface area contributed by atoms with Crippen LogP contribution in [0.4, 0.5) is 14.9 Å². The third kappa shape index (κ3) is 2.18. The summed E-state index contributed by atoms with van der Waals surface area (Å²) in [6.45, 7) is 0.335. The van der Waals surface area contributed by atoms with E-state index in [0.29, 0.717) is 18.0 Å². The molecule has 1 aliphatic heterocycles. The number of methoxy groups -OCH3 is 1. The number of halogens is 1. The molecule has 0 spiro atoms. The Hall–Kier alpha value is -2.56. The first-order valence-electron chi connectivity index (χ1n) is 6.09. The predicted octanol–water partition coefficient (Wildman–Crippen LogP) is 3.35. The van der Waals surface area contributed by atoms with Crippen LogP contribution in [-0.4, -0.2) is 13.2 Å². The van der Waals surface area contributed by atoms with E-state index in [-0.39, 0.29) is 5.75 Å². The van der Waals surface area contributed by atoms with Gasteiger partial charge in [0.15, 0.2) is 0 Å². The van der Waals surface area contributed by atoms with Crippen LogP contribution in [0.5, 0.6) is 11.5 Å². The lowest BCUT2D eigenvalue weighted by atomic mass is 10.1. The zero-order chi connectivity index (χ0) is 14.1. The van der Waals surface area contributed by atoms with Gasteiger partial charge in [0.05, 0.1) is 19.3 Å². The molecule has 0 aromatic heterocycles. The maximum atomic E-state index is 13.1. The highest BCUT2D eigenvalue weighted by Gasteiger charge is 2.26. The highest BCUT2D eigenvalue weighted by molar-refractivity contribution is 5.91. The molecule has 1 amide bonds. The van der Waals surface area contributed by atoms with Gasteiger partial charge in [-0.2, -0.15) is 0 Å². The highest BCUT2D eigenvalue weighted by atomic mass is 19.1. The molecule has 1 heterocycles. The van der Waals surface area contributed by atoms with Crippen LogP contribution < -0.4 is 14.4 Å². The van der Waals surface area contributed by atoms with Crippen molar-refractivity contribution in [1.29, 1.82) is 0 Å². The van der Waals surface area contributed by atoms with E-state index in [2.05, 4.69) is 0 Å². The van der Waals surface area contributed by atoms with Crippen LogP contribution in [0.15, 0.2) is 42.5 Å². The van der Waals surface area contributed by atoms with Crippen LogP contribution >= 0.6 is 0 Å². The van der Waals surface area contributed by atoms with Crippen molar-refractivity contribution in [1.82, 2.24) is 0 Å². The minimum absolute atomic E-state index is 0.272. The molecule has 2 aromatic rings. The van der Waals surface area contributed by atoms with E-state index >= 15 is 0 Å². The van der Waals surface area contributed by atoms with Gasteiger partial charge in [0.25, 0.3) is 0 Å². The smallest absolute Gasteiger partial charge is 0.420 e. The molecule has 0 radical (unpaired) electrons. The number of amides is 1. The number of carbonyl (C=O) groups is 1. The lowest BCUT2D eigenvalue weighted by Crippen LogP contribution is -2.37. The summed E-state index contributed by atoms with van der Waals surface area (Å²) in [4.78, 5) is 13.5. The van der Waals surface area contributed by atoms with Gasteiger partial charge in [0.2, 0.25) is 0 Å². The molecule has 0 N–H and O–H groups in total. The summed E-state index contributed by atoms with van der Waals surface area (Å²) in [5.74, 6) is 0.501. The Morgan fingerprint density at radius 2 is 2.10 bits per heavy atom. The Labute approximate surface area is 115 Å². The van der Waals surface area contributed by atoms with E-state index in [1.165, 1.54) is 17.0 Å². The van der Waals surface area contributed by atoms with Gasteiger partial charge in [-0.15, -0.1) is 0 Å². The van der Waals surface area contributed by atoms with Gasteiger partial charge in [-0.3, -0.25) is 4.90 Å². The first kappa shape index (κ1) is 12.5. The minimum atomic E-state index is -0.531. The van der Waals surface area contributed by atoms with Gasteiger partial charge in [-0.05, 0) is 18.2 Å². The zero-order valence-corrected chi connectivity index (χ0v) is 10.8. The molecule has 3 rings (SSSR count). The number of hydrogen-bond acceptors (Lipinski definition) is 3. The predicted molar refractivity (Wildman–Crippen MR) is 71.6 cm³/mol. The normalized spacial score (nSPS) is 13.7. The van der Waals surface area contributed by atoms with Crippen LogP contribution in [0.1, 0.15) is 5.56 Å². The molecule has 2 aromatic carbocycles. The molecule has 0 saturated carbocycles. The lowest BCUT2D eigenvalue weighted by molar-refractivity contribution is 0.202. The van der Waals surface area contributed by atoms with Gasteiger partial charge in [0, 0.05) is 17.7 Å². The highest BCUT2D eigenvalue weighted by Crippen LogP contribution is 2.31. The number of hydrogen-bond donors (Lipinski definition) is 0. The summed E-state index contributed by atoms with van der Waals surface area (Å²) >= 11 is 0. The molecule has 0 bridgehead atoms. The van der Waals surface area contributed by atoms with E-state index in [9.17, 15) is 9.18 Å². The van der Waals surface area contributed by atoms with E-state index in [1.807, 2.05) is 0 Å². The first-order chi connectivity index (χ1) is 9.67. The third-order valence-corrected chi connectivity index (χ3v) is 3.14. The fraction of sp³-hybridized carbons (Fsp3) is 0.133. The van der Waals surface area contributed by atoms with Crippen LogP contribution in [0, 0.1) is 5.82 Å². The van der Waals surface area contributed by atoms with Crippen molar-refractivity contribution in [2.75, 3.05) is 12.0 Å². The number of fused-ring (bicyclic) bond motifs is 1. The number of benzene rings is 2. The number of carbonyl (C=O) groups excluding carboxylic acids is 1. The van der Waals surface area contributed by atoms with Gasteiger partial charge < -0.3 is 9.47 Å².